The van der Waals surface area contributed by atoms with E-state index < -0.39 is 0 Å². The Hall–Kier alpha value is -1.31. The van der Waals surface area contributed by atoms with E-state index in [1.165, 1.54) is 0 Å². The number of aromatic nitrogens is 1. The number of halogens is 2. The Kier molecular flexibility index (Phi) is 2.99. The number of benzene rings is 2. The Morgan fingerprint density at radius 2 is 1.19 bits per heavy atom. The van der Waals surface area contributed by atoms with Crippen LogP contribution in [0.15, 0.2) is 48.5 Å². The topological polar surface area (TPSA) is 12.9 Å². The molecule has 0 fully saturated rings. The second-order valence-electron chi connectivity index (χ2n) is 3.46. The summed E-state index contributed by atoms with van der Waals surface area (Å²) in [5.41, 5.74) is 1.89. The van der Waals surface area contributed by atoms with Crippen molar-refractivity contribution < 1.29 is 0 Å². The van der Waals surface area contributed by atoms with Gasteiger partial charge in [0.05, 0.1) is 16.1 Å². The van der Waals surface area contributed by atoms with Crippen LogP contribution < -0.4 is 0 Å². The Balaban J connectivity index is 0.000000963. The summed E-state index contributed by atoms with van der Waals surface area (Å²) >= 11 is 6.33. The van der Waals surface area contributed by atoms with Gasteiger partial charge in [0.25, 0.3) is 0 Å². The van der Waals surface area contributed by atoms with Crippen molar-refractivity contribution in [1.82, 2.24) is 4.98 Å². The zero-order valence-corrected chi connectivity index (χ0v) is 9.92. The first-order valence-electron chi connectivity index (χ1n) is 4.79. The van der Waals surface area contributed by atoms with Gasteiger partial charge in [-0.25, -0.2) is 4.98 Å². The molecule has 0 aliphatic carbocycles. The molecule has 0 spiro atoms. The van der Waals surface area contributed by atoms with Gasteiger partial charge < -0.3 is 0 Å². The van der Waals surface area contributed by atoms with Gasteiger partial charge in [0.1, 0.15) is 0 Å². The van der Waals surface area contributed by atoms with Crippen LogP contribution in [0.1, 0.15) is 0 Å². The molecule has 0 atom stereocenters. The molecule has 0 aliphatic rings. The third kappa shape index (κ3) is 1.62. The van der Waals surface area contributed by atoms with Gasteiger partial charge in [-0.05, 0) is 12.1 Å². The second kappa shape index (κ2) is 4.28. The van der Waals surface area contributed by atoms with Crippen LogP contribution in [0, 0.1) is 0 Å². The van der Waals surface area contributed by atoms with Crippen molar-refractivity contribution in [1.29, 1.82) is 0 Å². The highest BCUT2D eigenvalue weighted by atomic mass is 35.5. The van der Waals surface area contributed by atoms with E-state index in [4.69, 9.17) is 11.6 Å². The van der Waals surface area contributed by atoms with Gasteiger partial charge in [-0.1, -0.05) is 48.0 Å². The van der Waals surface area contributed by atoms with Gasteiger partial charge in [-0.3, -0.25) is 0 Å². The van der Waals surface area contributed by atoms with Crippen LogP contribution in [0.2, 0.25) is 5.02 Å². The van der Waals surface area contributed by atoms with Crippen molar-refractivity contribution in [2.24, 2.45) is 0 Å². The van der Waals surface area contributed by atoms with Gasteiger partial charge in [-0.2, -0.15) is 0 Å². The molecule has 0 N–H and O–H groups in total. The van der Waals surface area contributed by atoms with Crippen molar-refractivity contribution in [3.63, 3.8) is 0 Å². The predicted octanol–water partition coefficient (Wildman–Crippen LogP) is 4.46. The minimum atomic E-state index is 0. The SMILES string of the molecule is Cl.Clc1c2ccccc2nc2ccccc12. The first-order valence-corrected chi connectivity index (χ1v) is 5.17. The van der Waals surface area contributed by atoms with E-state index in [2.05, 4.69) is 4.98 Å². The number of hydrogen-bond donors (Lipinski definition) is 0. The molecule has 1 nitrogen and oxygen atoms in total. The number of nitrogens with zero attached hydrogens (tertiary/aromatic N) is 1. The van der Waals surface area contributed by atoms with Gasteiger partial charge in [0.2, 0.25) is 0 Å². The fourth-order valence-corrected chi connectivity index (χ4v) is 2.11. The molecule has 0 aliphatic heterocycles. The smallest absolute Gasteiger partial charge is 0.0724 e. The minimum absolute atomic E-state index is 0. The molecule has 1 heterocycles. The minimum Gasteiger partial charge on any atom is -0.248 e. The zero-order chi connectivity index (χ0) is 10.3. The lowest BCUT2D eigenvalue weighted by atomic mass is 10.1. The monoisotopic (exact) mass is 249 g/mol. The van der Waals surface area contributed by atoms with Crippen LogP contribution in [0.3, 0.4) is 0 Å². The van der Waals surface area contributed by atoms with Gasteiger partial charge >= 0.3 is 0 Å². The van der Waals surface area contributed by atoms with E-state index in [0.717, 1.165) is 26.8 Å². The summed E-state index contributed by atoms with van der Waals surface area (Å²) in [5, 5.41) is 2.81. The number of para-hydroxylation sites is 2. The molecule has 2 aromatic carbocycles. The average molecular weight is 250 g/mol. The Morgan fingerprint density at radius 3 is 1.69 bits per heavy atom. The van der Waals surface area contributed by atoms with Gasteiger partial charge in [0, 0.05) is 10.8 Å². The summed E-state index contributed by atoms with van der Waals surface area (Å²) in [7, 11) is 0. The maximum absolute atomic E-state index is 6.33. The molecule has 1 aromatic heterocycles. The van der Waals surface area contributed by atoms with E-state index >= 15 is 0 Å². The molecule has 0 saturated carbocycles. The highest BCUT2D eigenvalue weighted by Gasteiger charge is 2.04. The summed E-state index contributed by atoms with van der Waals surface area (Å²) in [6, 6.07) is 15.9. The summed E-state index contributed by atoms with van der Waals surface area (Å²) in [4.78, 5) is 4.55. The van der Waals surface area contributed by atoms with E-state index in [0.29, 0.717) is 0 Å². The fraction of sp³-hybridized carbons (Fsp3) is 0. The highest BCUT2D eigenvalue weighted by molar-refractivity contribution is 6.40. The molecule has 3 aromatic rings. The maximum Gasteiger partial charge on any atom is 0.0724 e. The number of pyridine rings is 1. The van der Waals surface area contributed by atoms with Crippen LogP contribution in [0.5, 0.6) is 0 Å². The fourth-order valence-electron chi connectivity index (χ4n) is 1.79. The summed E-state index contributed by atoms with van der Waals surface area (Å²) in [6.07, 6.45) is 0. The molecule has 0 bridgehead atoms. The van der Waals surface area contributed by atoms with E-state index in [9.17, 15) is 0 Å². The van der Waals surface area contributed by atoms with E-state index in [1.807, 2.05) is 48.5 Å². The molecule has 3 heteroatoms. The molecule has 16 heavy (non-hydrogen) atoms. The van der Waals surface area contributed by atoms with Crippen molar-refractivity contribution in [2.45, 2.75) is 0 Å². The maximum atomic E-state index is 6.33. The average Bonchev–Trinajstić information content (AvgIpc) is 2.30. The molecule has 80 valence electrons. The Morgan fingerprint density at radius 1 is 0.750 bits per heavy atom. The predicted molar refractivity (Wildman–Crippen MR) is 71.5 cm³/mol. The first kappa shape index (κ1) is 11.2. The van der Waals surface area contributed by atoms with Crippen molar-refractivity contribution in [3.8, 4) is 0 Å². The van der Waals surface area contributed by atoms with Crippen molar-refractivity contribution >= 4 is 45.8 Å². The molecule has 0 unspecified atom stereocenters. The zero-order valence-electron chi connectivity index (χ0n) is 8.35. The van der Waals surface area contributed by atoms with Crippen LogP contribution in [0.25, 0.3) is 21.8 Å². The number of hydrogen-bond acceptors (Lipinski definition) is 1. The Labute approximate surface area is 104 Å². The highest BCUT2D eigenvalue weighted by Crippen LogP contribution is 2.29. The lowest BCUT2D eigenvalue weighted by Gasteiger charge is -2.04. The van der Waals surface area contributed by atoms with Crippen LogP contribution in [-0.2, 0) is 0 Å². The summed E-state index contributed by atoms with van der Waals surface area (Å²) in [6.45, 7) is 0. The molecular weight excluding hydrogens is 241 g/mol. The summed E-state index contributed by atoms with van der Waals surface area (Å²) in [5.74, 6) is 0. The van der Waals surface area contributed by atoms with E-state index in [-0.39, 0.29) is 12.4 Å². The molecular formula is C13H9Cl2N. The molecule has 0 radical (unpaired) electrons. The van der Waals surface area contributed by atoms with Crippen molar-refractivity contribution in [3.05, 3.63) is 53.6 Å². The first-order chi connectivity index (χ1) is 7.36. The van der Waals surface area contributed by atoms with Crippen LogP contribution >= 0.6 is 24.0 Å². The number of fused-ring (bicyclic) bond motifs is 2. The lowest BCUT2D eigenvalue weighted by Crippen LogP contribution is -1.83. The van der Waals surface area contributed by atoms with Crippen LogP contribution in [0.4, 0.5) is 0 Å². The number of rotatable bonds is 0. The lowest BCUT2D eigenvalue weighted by molar-refractivity contribution is 1.50. The van der Waals surface area contributed by atoms with E-state index in [1.54, 1.807) is 0 Å². The third-order valence-corrected chi connectivity index (χ3v) is 2.93. The third-order valence-electron chi connectivity index (χ3n) is 2.52. The normalized spacial score (nSPS) is 10.3. The van der Waals surface area contributed by atoms with Gasteiger partial charge in [-0.15, -0.1) is 12.4 Å². The molecule has 3 rings (SSSR count). The van der Waals surface area contributed by atoms with Crippen molar-refractivity contribution in [2.75, 3.05) is 0 Å². The summed E-state index contributed by atoms with van der Waals surface area (Å²) < 4.78 is 0. The standard InChI is InChI=1S/C13H8ClN.ClH/c14-13-9-5-1-3-7-11(9)15-12-8-4-2-6-10(12)13;/h1-8H;1H. The molecule has 0 amide bonds. The second-order valence-corrected chi connectivity index (χ2v) is 3.84. The Bertz CT molecular complexity index is 596. The van der Waals surface area contributed by atoms with Gasteiger partial charge in [0.15, 0.2) is 0 Å². The largest absolute Gasteiger partial charge is 0.248 e. The van der Waals surface area contributed by atoms with Crippen LogP contribution in [-0.4, -0.2) is 4.98 Å². The molecule has 0 saturated heterocycles. The quantitative estimate of drug-likeness (QED) is 0.536.